The van der Waals surface area contributed by atoms with Gasteiger partial charge < -0.3 is 24.3 Å². The molecule has 0 spiro atoms. The van der Waals surface area contributed by atoms with Crippen molar-refractivity contribution in [3.05, 3.63) is 59.8 Å². The summed E-state index contributed by atoms with van der Waals surface area (Å²) < 4.78 is 66.0. The van der Waals surface area contributed by atoms with Crippen LogP contribution in [0.25, 0.3) is 0 Å². The Hall–Kier alpha value is -3.97. The zero-order valence-electron chi connectivity index (χ0n) is 23.6. The number of amides is 1. The lowest BCUT2D eigenvalue weighted by atomic mass is 9.78. The van der Waals surface area contributed by atoms with Gasteiger partial charge in [0, 0.05) is 32.2 Å². The van der Waals surface area contributed by atoms with Gasteiger partial charge in [-0.05, 0) is 64.2 Å². The van der Waals surface area contributed by atoms with E-state index in [-0.39, 0.29) is 30.8 Å². The molecule has 2 aliphatic rings. The number of carbonyl (C=O) groups is 1. The zero-order chi connectivity index (χ0) is 30.1. The summed E-state index contributed by atoms with van der Waals surface area (Å²) in [5.41, 5.74) is -1.45. The Bertz CT molecular complexity index is 1370. The van der Waals surface area contributed by atoms with Crippen LogP contribution in [0.3, 0.4) is 0 Å². The molecule has 42 heavy (non-hydrogen) atoms. The first-order chi connectivity index (χ1) is 19.8. The largest absolute Gasteiger partial charge is 0.444 e. The number of anilines is 2. The monoisotopic (exact) mass is 591 g/mol. The number of halogens is 4. The minimum absolute atomic E-state index is 0.0199. The summed E-state index contributed by atoms with van der Waals surface area (Å²) >= 11 is 0. The summed E-state index contributed by atoms with van der Waals surface area (Å²) in [6, 6.07) is 4.86. The van der Waals surface area contributed by atoms with E-state index in [2.05, 4.69) is 25.5 Å². The Labute approximate surface area is 240 Å². The molecule has 14 heteroatoms. The van der Waals surface area contributed by atoms with Crippen LogP contribution in [0.1, 0.15) is 63.5 Å². The van der Waals surface area contributed by atoms with E-state index in [1.807, 2.05) is 0 Å². The molecule has 0 atom stereocenters. The first kappa shape index (κ1) is 29.5. The molecule has 1 amide bonds. The second-order valence-electron chi connectivity index (χ2n) is 11.8. The molecule has 3 heterocycles. The number of nitrogens with zero attached hydrogens (tertiary/aromatic N) is 6. The molecule has 10 nitrogen and oxygen atoms in total. The molecule has 5 rings (SSSR count). The Kier molecular flexibility index (Phi) is 7.99. The van der Waals surface area contributed by atoms with Crippen molar-refractivity contribution in [1.82, 2.24) is 25.1 Å². The maximum absolute atomic E-state index is 15.9. The number of carbonyl (C=O) groups excluding carboxylic acids is 1. The average Bonchev–Trinajstić information content (AvgIpc) is 3.62. The van der Waals surface area contributed by atoms with E-state index in [1.165, 1.54) is 24.9 Å². The third-order valence-corrected chi connectivity index (χ3v) is 7.45. The molecular weight excluding hydrogens is 558 g/mol. The van der Waals surface area contributed by atoms with Crippen molar-refractivity contribution >= 4 is 17.7 Å². The van der Waals surface area contributed by atoms with E-state index in [1.54, 1.807) is 30.6 Å². The highest BCUT2D eigenvalue weighted by molar-refractivity contribution is 5.68. The number of nitrogens with one attached hydrogen (secondary N) is 1. The zero-order valence-corrected chi connectivity index (χ0v) is 23.6. The van der Waals surface area contributed by atoms with Crippen LogP contribution in [-0.2, 0) is 22.9 Å². The highest BCUT2D eigenvalue weighted by Crippen LogP contribution is 2.38. The molecule has 1 aromatic carbocycles. The number of likely N-dealkylation sites (tertiary alicyclic amines) is 1. The van der Waals surface area contributed by atoms with Crippen LogP contribution in [0, 0.1) is 5.82 Å². The van der Waals surface area contributed by atoms with Crippen molar-refractivity contribution in [1.29, 1.82) is 0 Å². The van der Waals surface area contributed by atoms with Crippen LogP contribution in [0.5, 0.6) is 0 Å². The van der Waals surface area contributed by atoms with Crippen LogP contribution in [0.2, 0.25) is 0 Å². The number of ether oxygens (including phenoxy) is 1. The Morgan fingerprint density at radius 3 is 2.40 bits per heavy atom. The third-order valence-electron chi connectivity index (χ3n) is 7.45. The van der Waals surface area contributed by atoms with E-state index in [0.717, 1.165) is 25.0 Å². The predicted octanol–water partition coefficient (Wildman–Crippen LogP) is 5.57. The summed E-state index contributed by atoms with van der Waals surface area (Å²) in [6.45, 7) is 6.56. The van der Waals surface area contributed by atoms with Crippen molar-refractivity contribution in [2.75, 3.05) is 29.9 Å². The molecule has 226 valence electrons. The maximum Gasteiger partial charge on any atom is 0.416 e. The number of aromatic nitrogens is 4. The van der Waals surface area contributed by atoms with Gasteiger partial charge in [-0.2, -0.15) is 17.6 Å². The molecule has 0 radical (unpaired) electrons. The number of rotatable bonds is 8. The summed E-state index contributed by atoms with van der Waals surface area (Å²) in [5.74, 6) is -0.244. The molecule has 0 unspecified atom stereocenters. The lowest BCUT2D eigenvalue weighted by Crippen LogP contribution is -2.49. The summed E-state index contributed by atoms with van der Waals surface area (Å²) in [5, 5.41) is 11.0. The summed E-state index contributed by atoms with van der Waals surface area (Å²) in [4.78, 5) is 24.3. The molecule has 1 saturated heterocycles. The van der Waals surface area contributed by atoms with E-state index in [9.17, 15) is 18.0 Å². The highest BCUT2D eigenvalue weighted by Gasteiger charge is 2.43. The van der Waals surface area contributed by atoms with Gasteiger partial charge >= 0.3 is 12.3 Å². The van der Waals surface area contributed by atoms with Crippen molar-refractivity contribution in [3.63, 3.8) is 0 Å². The first-order valence-corrected chi connectivity index (χ1v) is 13.8. The lowest BCUT2D eigenvalue weighted by molar-refractivity contribution is -0.137. The Morgan fingerprint density at radius 2 is 1.83 bits per heavy atom. The molecule has 3 aromatic rings. The fraction of sp³-hybridized carbons (Fsp3) is 0.536. The van der Waals surface area contributed by atoms with E-state index in [4.69, 9.17) is 9.15 Å². The molecule has 1 saturated carbocycles. The molecule has 1 aliphatic carbocycles. The number of alkyl halides is 3. The molecule has 1 N–H and O–H groups in total. The van der Waals surface area contributed by atoms with Crippen molar-refractivity contribution in [3.8, 4) is 0 Å². The van der Waals surface area contributed by atoms with Gasteiger partial charge in [0.05, 0.1) is 11.0 Å². The van der Waals surface area contributed by atoms with Gasteiger partial charge in [0.2, 0.25) is 18.1 Å². The van der Waals surface area contributed by atoms with Gasteiger partial charge in [-0.1, -0.05) is 12.1 Å². The van der Waals surface area contributed by atoms with Crippen LogP contribution >= 0.6 is 0 Å². The van der Waals surface area contributed by atoms with Gasteiger partial charge in [-0.3, -0.25) is 0 Å². The maximum atomic E-state index is 15.9. The van der Waals surface area contributed by atoms with Gasteiger partial charge in [0.15, 0.2) is 11.6 Å². The van der Waals surface area contributed by atoms with Crippen LogP contribution in [0.4, 0.5) is 34.0 Å². The predicted molar refractivity (Wildman–Crippen MR) is 144 cm³/mol. The second-order valence-corrected chi connectivity index (χ2v) is 11.8. The molecule has 1 aliphatic heterocycles. The van der Waals surface area contributed by atoms with Gasteiger partial charge in [-0.25, -0.2) is 14.8 Å². The van der Waals surface area contributed by atoms with Gasteiger partial charge in [0.1, 0.15) is 11.9 Å². The van der Waals surface area contributed by atoms with Gasteiger partial charge in [0.25, 0.3) is 0 Å². The minimum Gasteiger partial charge on any atom is -0.444 e. The first-order valence-electron chi connectivity index (χ1n) is 13.8. The van der Waals surface area contributed by atoms with Crippen LogP contribution in [-0.4, -0.2) is 62.4 Å². The van der Waals surface area contributed by atoms with Crippen molar-refractivity contribution in [2.24, 2.45) is 0 Å². The SMILES string of the molecule is CC(C)(C)OC(=O)N1CCC(CNc2ncnc(N(Cc3ccc(C(F)(F)F)cc3)C3CC3)c2F)(c2nnco2)CC1. The topological polar surface area (TPSA) is 110 Å². The highest BCUT2D eigenvalue weighted by atomic mass is 19.4. The van der Waals surface area contributed by atoms with Gasteiger partial charge in [-0.15, -0.1) is 10.2 Å². The van der Waals surface area contributed by atoms with Crippen molar-refractivity contribution < 1.29 is 31.5 Å². The smallest absolute Gasteiger partial charge is 0.416 e. The molecule has 2 aromatic heterocycles. The number of piperidine rings is 1. The lowest BCUT2D eigenvalue weighted by Gasteiger charge is -2.39. The van der Waals surface area contributed by atoms with E-state index >= 15 is 4.39 Å². The number of hydrogen-bond acceptors (Lipinski definition) is 9. The minimum atomic E-state index is -4.43. The fourth-order valence-corrected chi connectivity index (χ4v) is 5.01. The fourth-order valence-electron chi connectivity index (χ4n) is 5.01. The molecule has 2 fully saturated rings. The van der Waals surface area contributed by atoms with E-state index in [0.29, 0.717) is 37.4 Å². The quantitative estimate of drug-likeness (QED) is 0.337. The third kappa shape index (κ3) is 6.73. The second kappa shape index (κ2) is 11.4. The van der Waals surface area contributed by atoms with Crippen LogP contribution < -0.4 is 10.2 Å². The Balaban J connectivity index is 1.31. The van der Waals surface area contributed by atoms with Crippen molar-refractivity contribution in [2.45, 2.75) is 76.2 Å². The molecular formula is C28H33F4N7O3. The summed E-state index contributed by atoms with van der Waals surface area (Å²) in [6.07, 6.45) is 0.214. The van der Waals surface area contributed by atoms with E-state index < -0.39 is 34.7 Å². The number of benzene rings is 1. The summed E-state index contributed by atoms with van der Waals surface area (Å²) in [7, 11) is 0. The number of hydrogen-bond donors (Lipinski definition) is 1. The normalized spacial score (nSPS) is 17.2. The molecule has 0 bridgehead atoms. The Morgan fingerprint density at radius 1 is 1.14 bits per heavy atom. The standard InChI is InChI=1S/C28H33F4N7O3/c1-26(2,3)42-25(40)38-12-10-27(11-13-38,24-37-36-17-41-24)15-33-22-21(29)23(35-16-34-22)39(20-8-9-20)14-18-4-6-19(7-5-18)28(30,31)32/h4-7,16-17,20H,8-15H2,1-3H3,(H,33,34,35). The van der Waals surface area contributed by atoms with Crippen LogP contribution in [0.15, 0.2) is 41.4 Å². The average molecular weight is 592 g/mol.